The monoisotopic (exact) mass is 427 g/mol. The summed E-state index contributed by atoms with van der Waals surface area (Å²) in [7, 11) is 0. The zero-order valence-corrected chi connectivity index (χ0v) is 18.3. The molecule has 1 saturated carbocycles. The van der Waals surface area contributed by atoms with Gasteiger partial charge in [-0.25, -0.2) is 9.97 Å². The van der Waals surface area contributed by atoms with Crippen LogP contribution >= 0.6 is 0 Å². The first-order chi connectivity index (χ1) is 15.7. The third-order valence-corrected chi connectivity index (χ3v) is 6.69. The van der Waals surface area contributed by atoms with Crippen LogP contribution in [0.15, 0.2) is 48.5 Å². The number of anilines is 1. The van der Waals surface area contributed by atoms with Crippen molar-refractivity contribution in [1.82, 2.24) is 9.97 Å². The number of aromatic nitrogens is 2. The maximum absolute atomic E-state index is 12.9. The molecule has 5 heteroatoms. The number of amides is 1. The molecule has 0 saturated heterocycles. The van der Waals surface area contributed by atoms with Gasteiger partial charge >= 0.3 is 0 Å². The topological polar surface area (TPSA) is 75.1 Å². The molecule has 32 heavy (non-hydrogen) atoms. The van der Waals surface area contributed by atoms with E-state index < -0.39 is 0 Å². The molecule has 164 valence electrons. The number of phenolic OH excluding ortho intramolecular Hbond substituents is 1. The van der Waals surface area contributed by atoms with Gasteiger partial charge in [0.1, 0.15) is 5.75 Å². The summed E-state index contributed by atoms with van der Waals surface area (Å²) in [5.74, 6) is 1.39. The van der Waals surface area contributed by atoms with E-state index in [0.29, 0.717) is 24.6 Å². The summed E-state index contributed by atoms with van der Waals surface area (Å²) in [6.07, 6.45) is 8.74. The Hall–Kier alpha value is -3.21. The van der Waals surface area contributed by atoms with Crippen LogP contribution in [0.25, 0.3) is 11.3 Å². The summed E-state index contributed by atoms with van der Waals surface area (Å²) in [5, 5.41) is 13.0. The Labute approximate surface area is 188 Å². The molecule has 1 fully saturated rings. The maximum Gasteiger partial charge on any atom is 0.225 e. The van der Waals surface area contributed by atoms with Crippen LogP contribution in [0.5, 0.6) is 5.75 Å². The maximum atomic E-state index is 12.9. The number of phenols is 1. The Kier molecular flexibility index (Phi) is 5.89. The van der Waals surface area contributed by atoms with Crippen molar-refractivity contribution in [2.24, 2.45) is 5.92 Å². The van der Waals surface area contributed by atoms with Crippen LogP contribution in [-0.2, 0) is 24.1 Å². The smallest absolute Gasteiger partial charge is 0.225 e. The average Bonchev–Trinajstić information content (AvgIpc) is 2.80. The van der Waals surface area contributed by atoms with Crippen LogP contribution in [0, 0.1) is 5.92 Å². The van der Waals surface area contributed by atoms with E-state index >= 15 is 0 Å². The Morgan fingerprint density at radius 3 is 2.62 bits per heavy atom. The lowest BCUT2D eigenvalue weighted by Gasteiger charge is -2.23. The van der Waals surface area contributed by atoms with Gasteiger partial charge in [0.15, 0.2) is 5.82 Å². The summed E-state index contributed by atoms with van der Waals surface area (Å²) in [6, 6.07) is 15.6. The molecule has 1 amide bonds. The van der Waals surface area contributed by atoms with Gasteiger partial charge < -0.3 is 10.4 Å². The van der Waals surface area contributed by atoms with Crippen molar-refractivity contribution in [3.63, 3.8) is 0 Å². The SMILES string of the molecule is O=C(CC1CCCCC1)Nc1nc2c(nc1Cc1ccccc1)-c1ccc(O)cc1CC2. The standard InChI is InChI=1S/C27H29N3O2/c31-21-12-13-22-20(17-21)11-14-23-26(22)28-24(15-18-7-3-1-4-8-18)27(29-23)30-25(32)16-19-9-5-2-6-10-19/h1,3-4,7-8,12-13,17,19,31H,2,5-6,9-11,14-16H2,(H,29,30,32). The number of aromatic hydroxyl groups is 1. The van der Waals surface area contributed by atoms with Gasteiger partial charge in [0.25, 0.3) is 0 Å². The van der Waals surface area contributed by atoms with E-state index in [1.54, 1.807) is 6.07 Å². The molecule has 5 rings (SSSR count). The first kappa shape index (κ1) is 20.7. The highest BCUT2D eigenvalue weighted by atomic mass is 16.3. The summed E-state index contributed by atoms with van der Waals surface area (Å²) >= 11 is 0. The number of aryl methyl sites for hydroxylation is 2. The fourth-order valence-electron chi connectivity index (χ4n) is 5.02. The average molecular weight is 428 g/mol. The third-order valence-electron chi connectivity index (χ3n) is 6.69. The van der Waals surface area contributed by atoms with Crippen LogP contribution in [0.3, 0.4) is 0 Å². The first-order valence-corrected chi connectivity index (χ1v) is 11.7. The highest BCUT2D eigenvalue weighted by molar-refractivity contribution is 5.90. The summed E-state index contributed by atoms with van der Waals surface area (Å²) in [6.45, 7) is 0. The highest BCUT2D eigenvalue weighted by Gasteiger charge is 2.24. The number of rotatable bonds is 5. The number of carbonyl (C=O) groups is 1. The summed E-state index contributed by atoms with van der Waals surface area (Å²) < 4.78 is 0. The first-order valence-electron chi connectivity index (χ1n) is 11.7. The van der Waals surface area contributed by atoms with E-state index in [4.69, 9.17) is 9.97 Å². The van der Waals surface area contributed by atoms with Gasteiger partial charge in [-0.3, -0.25) is 4.79 Å². The van der Waals surface area contributed by atoms with Crippen LogP contribution in [0.1, 0.15) is 61.0 Å². The number of nitrogens with zero attached hydrogens (tertiary/aromatic N) is 2. The van der Waals surface area contributed by atoms with E-state index in [-0.39, 0.29) is 11.7 Å². The molecule has 1 heterocycles. The molecule has 2 aliphatic rings. The predicted molar refractivity (Wildman–Crippen MR) is 126 cm³/mol. The van der Waals surface area contributed by atoms with Crippen molar-refractivity contribution >= 4 is 11.7 Å². The fourth-order valence-corrected chi connectivity index (χ4v) is 5.02. The molecule has 0 radical (unpaired) electrons. The second-order valence-electron chi connectivity index (χ2n) is 9.07. The number of nitrogens with one attached hydrogen (secondary N) is 1. The molecule has 3 aromatic rings. The van der Waals surface area contributed by atoms with Crippen molar-refractivity contribution in [2.45, 2.75) is 57.8 Å². The second-order valence-corrected chi connectivity index (χ2v) is 9.07. The Morgan fingerprint density at radius 2 is 1.81 bits per heavy atom. The van der Waals surface area contributed by atoms with Crippen LogP contribution in [0.4, 0.5) is 5.82 Å². The molecular weight excluding hydrogens is 398 g/mol. The molecule has 0 unspecified atom stereocenters. The Balaban J connectivity index is 1.47. The number of hydrogen-bond acceptors (Lipinski definition) is 4. The van der Waals surface area contributed by atoms with Crippen LogP contribution in [0.2, 0.25) is 0 Å². The van der Waals surface area contributed by atoms with Crippen molar-refractivity contribution < 1.29 is 9.90 Å². The highest BCUT2D eigenvalue weighted by Crippen LogP contribution is 2.35. The Morgan fingerprint density at radius 1 is 1.00 bits per heavy atom. The summed E-state index contributed by atoms with van der Waals surface area (Å²) in [4.78, 5) is 22.8. The molecule has 1 aromatic heterocycles. The van der Waals surface area contributed by atoms with Gasteiger partial charge in [0.05, 0.1) is 17.1 Å². The van der Waals surface area contributed by atoms with E-state index in [9.17, 15) is 9.90 Å². The lowest BCUT2D eigenvalue weighted by molar-refractivity contribution is -0.117. The van der Waals surface area contributed by atoms with Gasteiger partial charge in [0.2, 0.25) is 5.91 Å². The van der Waals surface area contributed by atoms with Gasteiger partial charge in [-0.15, -0.1) is 0 Å². The van der Waals surface area contributed by atoms with Crippen molar-refractivity contribution in [3.8, 4) is 17.0 Å². The molecule has 0 aliphatic heterocycles. The quantitative estimate of drug-likeness (QED) is 0.568. The Bertz CT molecular complexity index is 1120. The molecular formula is C27H29N3O2. The normalized spacial score (nSPS) is 15.6. The van der Waals surface area contributed by atoms with Crippen molar-refractivity contribution in [3.05, 3.63) is 71.0 Å². The second kappa shape index (κ2) is 9.11. The van der Waals surface area contributed by atoms with E-state index in [1.165, 1.54) is 19.3 Å². The minimum atomic E-state index is 0.0431. The minimum Gasteiger partial charge on any atom is -0.508 e. The fraction of sp³-hybridized carbons (Fsp3) is 0.370. The largest absolute Gasteiger partial charge is 0.508 e. The van der Waals surface area contributed by atoms with Crippen molar-refractivity contribution in [1.29, 1.82) is 0 Å². The van der Waals surface area contributed by atoms with E-state index in [2.05, 4.69) is 17.4 Å². The van der Waals surface area contributed by atoms with Gasteiger partial charge in [-0.2, -0.15) is 0 Å². The molecule has 0 atom stereocenters. The lowest BCUT2D eigenvalue weighted by Crippen LogP contribution is -2.21. The zero-order valence-electron chi connectivity index (χ0n) is 18.3. The van der Waals surface area contributed by atoms with Gasteiger partial charge in [0, 0.05) is 18.4 Å². The predicted octanol–water partition coefficient (Wildman–Crippen LogP) is 5.45. The lowest BCUT2D eigenvalue weighted by atomic mass is 9.87. The van der Waals surface area contributed by atoms with Crippen LogP contribution in [-0.4, -0.2) is 21.0 Å². The molecule has 5 nitrogen and oxygen atoms in total. The minimum absolute atomic E-state index is 0.0431. The summed E-state index contributed by atoms with van der Waals surface area (Å²) in [5.41, 5.74) is 5.80. The third kappa shape index (κ3) is 4.52. The number of fused-ring (bicyclic) bond motifs is 3. The van der Waals surface area contributed by atoms with Gasteiger partial charge in [-0.05, 0) is 60.9 Å². The molecule has 2 aromatic carbocycles. The number of hydrogen-bond donors (Lipinski definition) is 2. The van der Waals surface area contributed by atoms with Crippen molar-refractivity contribution in [2.75, 3.05) is 5.32 Å². The van der Waals surface area contributed by atoms with Gasteiger partial charge in [-0.1, -0.05) is 49.6 Å². The van der Waals surface area contributed by atoms with Crippen LogP contribution < -0.4 is 5.32 Å². The van der Waals surface area contributed by atoms with E-state index in [1.807, 2.05) is 30.3 Å². The molecule has 2 aliphatic carbocycles. The zero-order chi connectivity index (χ0) is 21.9. The molecule has 0 bridgehead atoms. The number of carbonyl (C=O) groups excluding carboxylic acids is 1. The van der Waals surface area contributed by atoms with E-state index in [0.717, 1.165) is 59.5 Å². The number of benzene rings is 2. The molecule has 0 spiro atoms. The molecule has 2 N–H and O–H groups in total.